The summed E-state index contributed by atoms with van der Waals surface area (Å²) in [6.45, 7) is 4.10. The van der Waals surface area contributed by atoms with Crippen LogP contribution >= 0.6 is 11.6 Å². The highest BCUT2D eigenvalue weighted by molar-refractivity contribution is 6.31. The van der Waals surface area contributed by atoms with Crippen LogP contribution in [0.4, 0.5) is 0 Å². The Kier molecular flexibility index (Phi) is 5.02. The summed E-state index contributed by atoms with van der Waals surface area (Å²) in [5.74, 6) is 0.670. The summed E-state index contributed by atoms with van der Waals surface area (Å²) in [6.07, 6.45) is 1.42. The monoisotopic (exact) mass is 409 g/mol. The van der Waals surface area contributed by atoms with Crippen molar-refractivity contribution in [1.82, 2.24) is 35.1 Å². The van der Waals surface area contributed by atoms with E-state index in [4.69, 9.17) is 16.6 Å². The van der Waals surface area contributed by atoms with Gasteiger partial charge in [-0.05, 0) is 46.7 Å². The third-order valence-electron chi connectivity index (χ3n) is 4.85. The number of hydrogen-bond acceptors (Lipinski definition) is 5. The number of rotatable bonds is 5. The van der Waals surface area contributed by atoms with Crippen LogP contribution < -0.4 is 5.32 Å². The van der Waals surface area contributed by atoms with Crippen molar-refractivity contribution in [2.45, 2.75) is 19.9 Å². The molecule has 8 nitrogen and oxygen atoms in total. The minimum absolute atomic E-state index is 0.123. The summed E-state index contributed by atoms with van der Waals surface area (Å²) in [6, 6.07) is 12.6. The van der Waals surface area contributed by atoms with Crippen molar-refractivity contribution in [3.05, 3.63) is 65.2 Å². The third-order valence-corrected chi connectivity index (χ3v) is 5.09. The number of benzene rings is 2. The fourth-order valence-electron chi connectivity index (χ4n) is 3.35. The molecular weight excluding hydrogens is 390 g/mol. The Labute approximate surface area is 172 Å². The number of carbonyl (C=O) groups is 1. The first kappa shape index (κ1) is 19.1. The molecule has 1 amide bonds. The van der Waals surface area contributed by atoms with Gasteiger partial charge in [0.25, 0.3) is 5.91 Å². The second-order valence-corrected chi connectivity index (χ2v) is 7.57. The van der Waals surface area contributed by atoms with Crippen LogP contribution in [0, 0.1) is 5.92 Å². The van der Waals surface area contributed by atoms with Crippen molar-refractivity contribution in [2.75, 3.05) is 0 Å². The minimum Gasteiger partial charge on any atom is -0.342 e. The highest BCUT2D eigenvalue weighted by Crippen LogP contribution is 2.26. The third kappa shape index (κ3) is 3.58. The quantitative estimate of drug-likeness (QED) is 0.546. The van der Waals surface area contributed by atoms with Gasteiger partial charge in [-0.2, -0.15) is 4.68 Å². The largest absolute Gasteiger partial charge is 0.342 e. The van der Waals surface area contributed by atoms with E-state index in [1.54, 1.807) is 18.2 Å². The molecule has 2 aromatic heterocycles. The molecule has 0 saturated carbocycles. The van der Waals surface area contributed by atoms with Gasteiger partial charge in [0, 0.05) is 12.1 Å². The van der Waals surface area contributed by atoms with Crippen molar-refractivity contribution < 1.29 is 4.79 Å². The Morgan fingerprint density at radius 1 is 1.17 bits per heavy atom. The molecule has 0 fully saturated rings. The van der Waals surface area contributed by atoms with Gasteiger partial charge in [0.15, 0.2) is 0 Å². The maximum Gasteiger partial charge on any atom is 0.254 e. The fraction of sp³-hybridized carbons (Fsp3) is 0.250. The average molecular weight is 410 g/mol. The van der Waals surface area contributed by atoms with Crippen LogP contribution in [0.15, 0.2) is 48.8 Å². The number of imidazole rings is 1. The van der Waals surface area contributed by atoms with Crippen LogP contribution in [0.2, 0.25) is 5.02 Å². The summed E-state index contributed by atoms with van der Waals surface area (Å²) < 4.78 is 3.44. The Morgan fingerprint density at radius 3 is 2.66 bits per heavy atom. The summed E-state index contributed by atoms with van der Waals surface area (Å²) in [7, 11) is 1.96. The second kappa shape index (κ2) is 7.63. The number of hydrogen-bond donors (Lipinski definition) is 1. The van der Waals surface area contributed by atoms with Gasteiger partial charge in [-0.25, -0.2) is 4.98 Å². The molecule has 0 aliphatic heterocycles. The van der Waals surface area contributed by atoms with Crippen molar-refractivity contribution in [3.63, 3.8) is 0 Å². The lowest BCUT2D eigenvalue weighted by atomic mass is 10.0. The topological polar surface area (TPSA) is 90.5 Å². The van der Waals surface area contributed by atoms with Gasteiger partial charge >= 0.3 is 0 Å². The van der Waals surface area contributed by atoms with Crippen molar-refractivity contribution >= 4 is 28.5 Å². The molecule has 2 heterocycles. The molecule has 2 aromatic carbocycles. The van der Waals surface area contributed by atoms with Gasteiger partial charge in [0.05, 0.1) is 28.3 Å². The summed E-state index contributed by atoms with van der Waals surface area (Å²) in [5, 5.41) is 14.8. The van der Waals surface area contributed by atoms with Crippen LogP contribution in [0.5, 0.6) is 0 Å². The number of tetrazole rings is 1. The second-order valence-electron chi connectivity index (χ2n) is 7.13. The lowest BCUT2D eigenvalue weighted by Crippen LogP contribution is -2.34. The molecule has 0 unspecified atom stereocenters. The molecule has 4 rings (SSSR count). The Morgan fingerprint density at radius 2 is 1.97 bits per heavy atom. The average Bonchev–Trinajstić information content (AvgIpc) is 3.34. The normalized spacial score (nSPS) is 12.4. The maximum atomic E-state index is 13.2. The van der Waals surface area contributed by atoms with Crippen LogP contribution in [0.25, 0.3) is 16.7 Å². The molecule has 0 aliphatic rings. The lowest BCUT2D eigenvalue weighted by Gasteiger charge is -2.23. The number of carbonyl (C=O) groups excluding carboxylic acids is 1. The van der Waals surface area contributed by atoms with Gasteiger partial charge in [-0.1, -0.05) is 37.6 Å². The standard InChI is InChI=1S/C20H20ClN7O/c1-12(2)18(19-23-15-6-4-5-7-16(15)27(19)3)24-20(29)14-9-8-13(21)10-17(14)28-11-22-25-26-28/h4-12,18H,1-3H3,(H,24,29)/t18-/m1/s1. The Bertz CT molecular complexity index is 1170. The zero-order valence-electron chi connectivity index (χ0n) is 16.2. The Hall–Kier alpha value is -3.26. The summed E-state index contributed by atoms with van der Waals surface area (Å²) in [4.78, 5) is 18.0. The first-order chi connectivity index (χ1) is 14.0. The fourth-order valence-corrected chi connectivity index (χ4v) is 3.52. The van der Waals surface area contributed by atoms with Crippen LogP contribution in [-0.2, 0) is 7.05 Å². The predicted octanol–water partition coefficient (Wildman–Crippen LogP) is 3.33. The van der Waals surface area contributed by atoms with Gasteiger partial charge < -0.3 is 9.88 Å². The van der Waals surface area contributed by atoms with Crippen molar-refractivity contribution in [3.8, 4) is 5.69 Å². The van der Waals surface area contributed by atoms with Crippen molar-refractivity contribution in [2.24, 2.45) is 13.0 Å². The first-order valence-corrected chi connectivity index (χ1v) is 9.58. The number of nitrogens with one attached hydrogen (secondary N) is 1. The van der Waals surface area contributed by atoms with Crippen molar-refractivity contribution in [1.29, 1.82) is 0 Å². The predicted molar refractivity (Wildman–Crippen MR) is 110 cm³/mol. The zero-order chi connectivity index (χ0) is 20.5. The van der Waals surface area contributed by atoms with Gasteiger partial charge in [-0.15, -0.1) is 5.10 Å². The van der Waals surface area contributed by atoms with Crippen LogP contribution in [0.3, 0.4) is 0 Å². The van der Waals surface area contributed by atoms with Crippen LogP contribution in [0.1, 0.15) is 36.1 Å². The molecule has 1 atom stereocenters. The lowest BCUT2D eigenvalue weighted by molar-refractivity contribution is 0.0922. The summed E-state index contributed by atoms with van der Waals surface area (Å²) >= 11 is 6.13. The number of nitrogens with zero attached hydrogens (tertiary/aromatic N) is 6. The highest BCUT2D eigenvalue weighted by Gasteiger charge is 2.25. The van der Waals surface area contributed by atoms with Gasteiger partial charge in [0.1, 0.15) is 12.2 Å². The van der Waals surface area contributed by atoms with E-state index in [2.05, 4.69) is 34.7 Å². The molecule has 1 N–H and O–H groups in total. The summed E-state index contributed by atoms with van der Waals surface area (Å²) in [5.41, 5.74) is 2.84. The van der Waals surface area contributed by atoms with E-state index in [1.165, 1.54) is 11.0 Å². The molecule has 0 aliphatic carbocycles. The molecular formula is C20H20ClN7O. The highest BCUT2D eigenvalue weighted by atomic mass is 35.5. The number of aromatic nitrogens is 6. The SMILES string of the molecule is CC(C)[C@@H](NC(=O)c1ccc(Cl)cc1-n1cnnn1)c1nc2ccccc2n1C. The number of fused-ring (bicyclic) bond motifs is 1. The number of aryl methyl sites for hydroxylation is 1. The molecule has 148 valence electrons. The molecule has 0 saturated heterocycles. The first-order valence-electron chi connectivity index (χ1n) is 9.21. The molecule has 9 heteroatoms. The van der Waals surface area contributed by atoms with Gasteiger partial charge in [0.2, 0.25) is 0 Å². The number of halogens is 1. The van der Waals surface area contributed by atoms with E-state index in [1.807, 2.05) is 35.9 Å². The molecule has 4 aromatic rings. The molecule has 0 spiro atoms. The van der Waals surface area contributed by atoms with E-state index >= 15 is 0 Å². The molecule has 0 bridgehead atoms. The minimum atomic E-state index is -0.280. The van der Waals surface area contributed by atoms with E-state index in [0.29, 0.717) is 16.3 Å². The van der Waals surface area contributed by atoms with E-state index < -0.39 is 0 Å². The molecule has 0 radical (unpaired) electrons. The van der Waals surface area contributed by atoms with E-state index in [0.717, 1.165) is 16.9 Å². The Balaban J connectivity index is 1.71. The van der Waals surface area contributed by atoms with Crippen LogP contribution in [-0.4, -0.2) is 35.7 Å². The van der Waals surface area contributed by atoms with E-state index in [-0.39, 0.29) is 17.9 Å². The van der Waals surface area contributed by atoms with Gasteiger partial charge in [-0.3, -0.25) is 4.79 Å². The maximum absolute atomic E-state index is 13.2. The molecule has 29 heavy (non-hydrogen) atoms. The number of para-hydroxylation sites is 2. The number of amides is 1. The zero-order valence-corrected chi connectivity index (χ0v) is 17.0. The smallest absolute Gasteiger partial charge is 0.254 e. The van der Waals surface area contributed by atoms with E-state index in [9.17, 15) is 4.79 Å².